The molecule has 1 aromatic heterocycles. The molecule has 2 rings (SSSR count). The molecule has 2 heterocycles. The minimum atomic E-state index is -0.504. The minimum absolute atomic E-state index is 0.347. The van der Waals surface area contributed by atoms with Crippen molar-refractivity contribution in [3.05, 3.63) is 18.0 Å². The predicted molar refractivity (Wildman–Crippen MR) is 97.7 cm³/mol. The second-order valence-corrected chi connectivity index (χ2v) is 7.61. The summed E-state index contributed by atoms with van der Waals surface area (Å²) in [5, 5.41) is 6.23. The molecule has 25 heavy (non-hydrogen) atoms. The zero-order valence-corrected chi connectivity index (χ0v) is 15.9. The number of nitrogens with one attached hydrogen (secondary N) is 2. The summed E-state index contributed by atoms with van der Waals surface area (Å²) in [6.07, 6.45) is 3.07. The van der Waals surface area contributed by atoms with Crippen LogP contribution in [0, 0.1) is 0 Å². The Bertz CT molecular complexity index is 555. The van der Waals surface area contributed by atoms with E-state index >= 15 is 0 Å². The molecule has 1 amide bonds. The third-order valence-corrected chi connectivity index (χ3v) is 3.65. The molecule has 140 valence electrons. The van der Waals surface area contributed by atoms with E-state index in [1.165, 1.54) is 0 Å². The molecule has 1 aromatic rings. The Morgan fingerprint density at radius 3 is 2.68 bits per heavy atom. The Kier molecular flexibility index (Phi) is 6.55. The molecule has 0 radical (unpaired) electrons. The van der Waals surface area contributed by atoms with Gasteiger partial charge in [-0.25, -0.2) is 14.8 Å². The summed E-state index contributed by atoms with van der Waals surface area (Å²) >= 11 is 0. The van der Waals surface area contributed by atoms with Crippen LogP contribution in [0.3, 0.4) is 0 Å². The Labute approximate surface area is 150 Å². The molecule has 2 N–H and O–H groups in total. The molecule has 1 fully saturated rings. The third kappa shape index (κ3) is 6.83. The highest BCUT2D eigenvalue weighted by Crippen LogP contribution is 2.11. The van der Waals surface area contributed by atoms with E-state index in [0.717, 1.165) is 37.7 Å². The Hall–Kier alpha value is -1.93. The van der Waals surface area contributed by atoms with Gasteiger partial charge in [0.1, 0.15) is 5.60 Å². The molecule has 0 spiro atoms. The molecule has 0 aliphatic carbocycles. The van der Waals surface area contributed by atoms with Crippen LogP contribution in [-0.4, -0.2) is 72.9 Å². The zero-order valence-electron chi connectivity index (χ0n) is 15.9. The van der Waals surface area contributed by atoms with Gasteiger partial charge >= 0.3 is 6.09 Å². The molecule has 0 saturated carbocycles. The molecule has 1 saturated heterocycles. The predicted octanol–water partition coefficient (Wildman–Crippen LogP) is 0.841. The second kappa shape index (κ2) is 8.44. The van der Waals surface area contributed by atoms with Gasteiger partial charge in [0.05, 0.1) is 0 Å². The molecule has 1 aliphatic heterocycles. The van der Waals surface area contributed by atoms with Gasteiger partial charge in [0.2, 0.25) is 5.95 Å². The summed E-state index contributed by atoms with van der Waals surface area (Å²) in [5.41, 5.74) is 0.338. The fourth-order valence-corrected chi connectivity index (χ4v) is 2.66. The van der Waals surface area contributed by atoms with E-state index in [9.17, 15) is 4.79 Å². The lowest BCUT2D eigenvalue weighted by atomic mass is 10.2. The molecule has 0 bridgehead atoms. The Morgan fingerprint density at radius 1 is 1.40 bits per heavy atom. The van der Waals surface area contributed by atoms with E-state index < -0.39 is 11.7 Å². The fourth-order valence-electron chi connectivity index (χ4n) is 2.66. The van der Waals surface area contributed by atoms with Crippen molar-refractivity contribution >= 4 is 12.0 Å². The maximum Gasteiger partial charge on any atom is 0.407 e. The van der Waals surface area contributed by atoms with Crippen molar-refractivity contribution in [1.82, 2.24) is 25.5 Å². The quantitative estimate of drug-likeness (QED) is 0.814. The maximum absolute atomic E-state index is 11.7. The summed E-state index contributed by atoms with van der Waals surface area (Å²) in [5.74, 6) is 0.728. The van der Waals surface area contributed by atoms with Crippen LogP contribution in [0.1, 0.15) is 26.3 Å². The summed E-state index contributed by atoms with van der Waals surface area (Å²) in [4.78, 5) is 24.9. The van der Waals surface area contributed by atoms with E-state index in [0.29, 0.717) is 12.6 Å². The lowest BCUT2D eigenvalue weighted by Gasteiger charge is -2.34. The fraction of sp³-hybridized carbons (Fsp3) is 0.706. The molecule has 8 heteroatoms. The highest BCUT2D eigenvalue weighted by atomic mass is 16.6. The van der Waals surface area contributed by atoms with Gasteiger partial charge in [-0.3, -0.25) is 0 Å². The highest BCUT2D eigenvalue weighted by molar-refractivity contribution is 5.67. The average Bonchev–Trinajstić information content (AvgIpc) is 2.51. The first kappa shape index (κ1) is 19.4. The maximum atomic E-state index is 11.7. The number of rotatable bonds is 5. The molecule has 1 atom stereocenters. The average molecular weight is 350 g/mol. The van der Waals surface area contributed by atoms with Crippen LogP contribution in [0.5, 0.6) is 0 Å². The van der Waals surface area contributed by atoms with E-state index in [1.807, 2.05) is 20.8 Å². The van der Waals surface area contributed by atoms with Gasteiger partial charge in [0.25, 0.3) is 0 Å². The van der Waals surface area contributed by atoms with Gasteiger partial charge in [0.15, 0.2) is 0 Å². The molecular weight excluding hydrogens is 320 g/mol. The van der Waals surface area contributed by atoms with Crippen LogP contribution >= 0.6 is 0 Å². The van der Waals surface area contributed by atoms with Gasteiger partial charge in [-0.15, -0.1) is 0 Å². The first-order valence-electron chi connectivity index (χ1n) is 8.64. The number of ether oxygens (including phenoxy) is 1. The Morgan fingerprint density at radius 2 is 2.08 bits per heavy atom. The number of carbonyl (C=O) groups is 1. The molecule has 1 aliphatic rings. The van der Waals surface area contributed by atoms with Gasteiger partial charge in [-0.05, 0) is 34.9 Å². The number of likely N-dealkylation sites (N-methyl/N-ethyl adjacent to an activating group) is 1. The van der Waals surface area contributed by atoms with E-state index in [2.05, 4.69) is 44.5 Å². The number of alkyl carbamates (subject to hydrolysis) is 1. The van der Waals surface area contributed by atoms with Crippen molar-refractivity contribution in [3.63, 3.8) is 0 Å². The number of carbonyl (C=O) groups excluding carboxylic acids is 1. The van der Waals surface area contributed by atoms with Crippen molar-refractivity contribution in [2.45, 2.75) is 39.0 Å². The van der Waals surface area contributed by atoms with Crippen LogP contribution in [0.25, 0.3) is 0 Å². The third-order valence-electron chi connectivity index (χ3n) is 3.65. The van der Waals surface area contributed by atoms with Gasteiger partial charge in [-0.2, -0.15) is 0 Å². The number of piperazine rings is 1. The number of anilines is 1. The normalized spacial score (nSPS) is 18.3. The van der Waals surface area contributed by atoms with Gasteiger partial charge < -0.3 is 25.2 Å². The SMILES string of the molecule is CN(C)CC1CN(c2ncc(CNC(=O)OC(C)(C)C)cn2)CCN1. The van der Waals surface area contributed by atoms with Crippen molar-refractivity contribution in [2.75, 3.05) is 45.2 Å². The molecule has 0 aromatic carbocycles. The Balaban J connectivity index is 1.86. The lowest BCUT2D eigenvalue weighted by molar-refractivity contribution is 0.0523. The van der Waals surface area contributed by atoms with Crippen LogP contribution in [0.15, 0.2) is 12.4 Å². The van der Waals surface area contributed by atoms with Crippen LogP contribution in [0.4, 0.5) is 10.7 Å². The first-order chi connectivity index (χ1) is 11.7. The van der Waals surface area contributed by atoms with Crippen molar-refractivity contribution in [2.24, 2.45) is 0 Å². The number of aromatic nitrogens is 2. The van der Waals surface area contributed by atoms with E-state index in [1.54, 1.807) is 12.4 Å². The zero-order chi connectivity index (χ0) is 18.4. The van der Waals surface area contributed by atoms with Crippen molar-refractivity contribution in [1.29, 1.82) is 0 Å². The monoisotopic (exact) mass is 350 g/mol. The van der Waals surface area contributed by atoms with Crippen molar-refractivity contribution in [3.8, 4) is 0 Å². The number of hydrogen-bond acceptors (Lipinski definition) is 7. The summed E-state index contributed by atoms with van der Waals surface area (Å²) in [6.45, 7) is 9.52. The van der Waals surface area contributed by atoms with Crippen LogP contribution in [0.2, 0.25) is 0 Å². The topological polar surface area (TPSA) is 82.6 Å². The summed E-state index contributed by atoms with van der Waals surface area (Å²) in [6, 6.07) is 0.404. The van der Waals surface area contributed by atoms with Gasteiger partial charge in [-0.1, -0.05) is 0 Å². The minimum Gasteiger partial charge on any atom is -0.444 e. The van der Waals surface area contributed by atoms with Crippen LogP contribution in [-0.2, 0) is 11.3 Å². The number of nitrogens with zero attached hydrogens (tertiary/aromatic N) is 4. The highest BCUT2D eigenvalue weighted by Gasteiger charge is 2.21. The lowest BCUT2D eigenvalue weighted by Crippen LogP contribution is -2.54. The molecular formula is C17H30N6O2. The van der Waals surface area contributed by atoms with Crippen LogP contribution < -0.4 is 15.5 Å². The number of amides is 1. The van der Waals surface area contributed by atoms with Crippen molar-refractivity contribution < 1.29 is 9.53 Å². The summed E-state index contributed by atoms with van der Waals surface area (Å²) < 4.78 is 5.21. The standard InChI is InChI=1S/C17H30N6O2/c1-17(2,3)25-16(24)21-10-13-8-19-15(20-9-13)23-7-6-18-14(12-23)11-22(4)5/h8-9,14,18H,6-7,10-12H2,1-5H3,(H,21,24). The summed E-state index contributed by atoms with van der Waals surface area (Å²) in [7, 11) is 4.15. The molecule has 8 nitrogen and oxygen atoms in total. The van der Waals surface area contributed by atoms with Gasteiger partial charge in [0, 0.05) is 56.7 Å². The van der Waals surface area contributed by atoms with E-state index in [-0.39, 0.29) is 0 Å². The second-order valence-electron chi connectivity index (χ2n) is 7.61. The molecule has 1 unspecified atom stereocenters. The first-order valence-corrected chi connectivity index (χ1v) is 8.64. The smallest absolute Gasteiger partial charge is 0.407 e. The number of hydrogen-bond donors (Lipinski definition) is 2. The largest absolute Gasteiger partial charge is 0.444 e. The van der Waals surface area contributed by atoms with E-state index in [4.69, 9.17) is 4.74 Å².